The van der Waals surface area contributed by atoms with Gasteiger partial charge in [-0.2, -0.15) is 0 Å². The Bertz CT molecular complexity index is 96.9. The van der Waals surface area contributed by atoms with E-state index in [0.29, 0.717) is 19.4 Å². The van der Waals surface area contributed by atoms with E-state index >= 15 is 0 Å². The average molecular weight is 146 g/mol. The molecule has 10 heavy (non-hydrogen) atoms. The fraction of sp³-hybridized carbons (Fsp3) is 0.800. The summed E-state index contributed by atoms with van der Waals surface area (Å²) < 4.78 is 0. The summed E-state index contributed by atoms with van der Waals surface area (Å²) in [5.74, 6) is -0.955. The standard InChI is InChI=1S/C5H12N2O2.N/c6-3-1-2-4(7)5(8)9;/h4H,1-3,6-7H2,(H,8,9);/t4-;/m0./s1. The molecule has 0 bridgehead atoms. The summed E-state index contributed by atoms with van der Waals surface area (Å²) in [5.41, 5.74) is 10.3. The highest BCUT2D eigenvalue weighted by molar-refractivity contribution is 5.72. The molecule has 0 saturated carbocycles. The molecule has 0 saturated heterocycles. The van der Waals surface area contributed by atoms with Crippen molar-refractivity contribution < 1.29 is 9.90 Å². The molecule has 0 spiro atoms. The summed E-state index contributed by atoms with van der Waals surface area (Å²) in [5, 5.41) is 8.24. The first kappa shape index (κ1) is 12.1. The van der Waals surface area contributed by atoms with Gasteiger partial charge in [0.2, 0.25) is 0 Å². The Morgan fingerprint density at radius 1 is 1.60 bits per heavy atom. The van der Waals surface area contributed by atoms with Crippen LogP contribution < -0.4 is 17.6 Å². The molecular weight excluding hydrogens is 134 g/mol. The summed E-state index contributed by atoms with van der Waals surface area (Å²) in [4.78, 5) is 10.0. The van der Waals surface area contributed by atoms with Crippen molar-refractivity contribution in [1.82, 2.24) is 6.15 Å². The fourth-order valence-corrected chi connectivity index (χ4v) is 0.461. The molecular formula is C5H12N3O2. The van der Waals surface area contributed by atoms with E-state index in [1.165, 1.54) is 0 Å². The zero-order valence-corrected chi connectivity index (χ0v) is 5.66. The second-order valence-electron chi connectivity index (χ2n) is 1.88. The van der Waals surface area contributed by atoms with Gasteiger partial charge in [-0.05, 0) is 19.4 Å². The molecule has 5 N–H and O–H groups in total. The lowest BCUT2D eigenvalue weighted by atomic mass is 10.2. The molecule has 5 nitrogen and oxygen atoms in total. The topological polar surface area (TPSA) is 120 Å². The third kappa shape index (κ3) is 5.49. The maximum atomic E-state index is 10.0. The number of nitrogens with two attached hydrogens (primary N) is 2. The second kappa shape index (κ2) is 6.47. The van der Waals surface area contributed by atoms with Gasteiger partial charge in [0.15, 0.2) is 0 Å². The van der Waals surface area contributed by atoms with Gasteiger partial charge in [-0.15, -0.1) is 0 Å². The first-order valence-corrected chi connectivity index (χ1v) is 2.87. The average Bonchev–Trinajstić information content (AvgIpc) is 1.82. The van der Waals surface area contributed by atoms with Crippen molar-refractivity contribution in [2.45, 2.75) is 18.9 Å². The number of nitrogens with zero attached hydrogens (tertiary/aromatic N) is 1. The Hall–Kier alpha value is -0.650. The molecule has 59 valence electrons. The molecule has 0 rings (SSSR count). The maximum Gasteiger partial charge on any atom is 0.320 e. The van der Waals surface area contributed by atoms with E-state index in [2.05, 4.69) is 0 Å². The van der Waals surface area contributed by atoms with Crippen LogP contribution in [-0.2, 0) is 4.79 Å². The van der Waals surface area contributed by atoms with Crippen LogP contribution in [-0.4, -0.2) is 23.7 Å². The number of carbonyl (C=O) groups is 1. The molecule has 0 aromatic rings. The Morgan fingerprint density at radius 2 is 2.10 bits per heavy atom. The van der Waals surface area contributed by atoms with Gasteiger partial charge < -0.3 is 16.6 Å². The monoisotopic (exact) mass is 146 g/mol. The first-order chi connectivity index (χ1) is 4.18. The van der Waals surface area contributed by atoms with Crippen LogP contribution in [0.2, 0.25) is 0 Å². The number of rotatable bonds is 4. The summed E-state index contributed by atoms with van der Waals surface area (Å²) >= 11 is 0. The largest absolute Gasteiger partial charge is 0.480 e. The van der Waals surface area contributed by atoms with Gasteiger partial charge in [0, 0.05) is 6.15 Å². The van der Waals surface area contributed by atoms with Crippen LogP contribution in [0, 0.1) is 0 Å². The maximum absolute atomic E-state index is 10.0. The van der Waals surface area contributed by atoms with Gasteiger partial charge in [-0.25, -0.2) is 0 Å². The molecule has 3 radical (unpaired) electrons. The molecule has 0 aliphatic heterocycles. The highest BCUT2D eigenvalue weighted by atomic mass is 16.4. The molecule has 0 aromatic heterocycles. The van der Waals surface area contributed by atoms with Crippen LogP contribution in [0.4, 0.5) is 0 Å². The molecule has 0 aliphatic rings. The SMILES string of the molecule is NCCC[C@H](N)C(=O)O.[N]. The molecule has 0 aromatic carbocycles. The van der Waals surface area contributed by atoms with Crippen LogP contribution >= 0.6 is 0 Å². The minimum absolute atomic E-state index is 0. The van der Waals surface area contributed by atoms with Gasteiger partial charge in [0.25, 0.3) is 0 Å². The van der Waals surface area contributed by atoms with E-state index in [-0.39, 0.29) is 6.15 Å². The lowest BCUT2D eigenvalue weighted by molar-refractivity contribution is -0.138. The lowest BCUT2D eigenvalue weighted by Gasteiger charge is -2.02. The summed E-state index contributed by atoms with van der Waals surface area (Å²) in [6.45, 7) is 0.501. The Morgan fingerprint density at radius 3 is 2.40 bits per heavy atom. The van der Waals surface area contributed by atoms with Crippen molar-refractivity contribution in [1.29, 1.82) is 0 Å². The molecule has 0 fully saturated rings. The van der Waals surface area contributed by atoms with Crippen LogP contribution in [0.1, 0.15) is 12.8 Å². The van der Waals surface area contributed by atoms with Gasteiger partial charge in [-0.1, -0.05) is 0 Å². The number of hydrogen-bond donors (Lipinski definition) is 3. The predicted molar refractivity (Wildman–Crippen MR) is 36.0 cm³/mol. The number of hydrogen-bond acceptors (Lipinski definition) is 3. The lowest BCUT2D eigenvalue weighted by Crippen LogP contribution is -2.30. The summed E-state index contributed by atoms with van der Waals surface area (Å²) in [6, 6.07) is -0.742. The Labute approximate surface area is 60.0 Å². The molecule has 1 atom stereocenters. The minimum Gasteiger partial charge on any atom is -0.480 e. The van der Waals surface area contributed by atoms with Crippen LogP contribution in [0.5, 0.6) is 0 Å². The second-order valence-corrected chi connectivity index (χ2v) is 1.88. The third-order valence-corrected chi connectivity index (χ3v) is 1.04. The summed E-state index contributed by atoms with van der Waals surface area (Å²) in [7, 11) is 0. The molecule has 5 heteroatoms. The van der Waals surface area contributed by atoms with E-state index in [9.17, 15) is 4.79 Å². The van der Waals surface area contributed by atoms with Crippen molar-refractivity contribution in [3.8, 4) is 0 Å². The van der Waals surface area contributed by atoms with Crippen molar-refractivity contribution in [2.75, 3.05) is 6.54 Å². The van der Waals surface area contributed by atoms with Gasteiger partial charge >= 0.3 is 5.97 Å². The van der Waals surface area contributed by atoms with Gasteiger partial charge in [-0.3, -0.25) is 4.79 Å². The van der Waals surface area contributed by atoms with E-state index in [0.717, 1.165) is 0 Å². The van der Waals surface area contributed by atoms with Crippen LogP contribution in [0.3, 0.4) is 0 Å². The number of carboxylic acid groups (broad SMARTS) is 1. The molecule has 0 heterocycles. The van der Waals surface area contributed by atoms with Crippen LogP contribution in [0.15, 0.2) is 0 Å². The van der Waals surface area contributed by atoms with Crippen molar-refractivity contribution in [3.05, 3.63) is 0 Å². The highest BCUT2D eigenvalue weighted by Crippen LogP contribution is 1.91. The summed E-state index contributed by atoms with van der Waals surface area (Å²) in [6.07, 6.45) is 1.14. The highest BCUT2D eigenvalue weighted by Gasteiger charge is 2.08. The zero-order valence-electron chi connectivity index (χ0n) is 5.66. The van der Waals surface area contributed by atoms with E-state index in [1.807, 2.05) is 0 Å². The third-order valence-electron chi connectivity index (χ3n) is 1.04. The zero-order chi connectivity index (χ0) is 7.28. The van der Waals surface area contributed by atoms with E-state index < -0.39 is 12.0 Å². The minimum atomic E-state index is -0.955. The first-order valence-electron chi connectivity index (χ1n) is 2.87. The molecule has 0 aliphatic carbocycles. The Balaban J connectivity index is 0. The van der Waals surface area contributed by atoms with E-state index in [4.69, 9.17) is 16.6 Å². The molecule has 0 unspecified atom stereocenters. The van der Waals surface area contributed by atoms with Crippen LogP contribution in [0.25, 0.3) is 0 Å². The van der Waals surface area contributed by atoms with Crippen molar-refractivity contribution >= 4 is 5.97 Å². The Kier molecular flexibility index (Phi) is 7.81. The quantitative estimate of drug-likeness (QED) is 0.454. The normalized spacial score (nSPS) is 11.8. The van der Waals surface area contributed by atoms with Gasteiger partial charge in [0.05, 0.1) is 0 Å². The number of carboxylic acids is 1. The fourth-order valence-electron chi connectivity index (χ4n) is 0.461. The molecule has 0 amide bonds. The smallest absolute Gasteiger partial charge is 0.320 e. The van der Waals surface area contributed by atoms with Crippen molar-refractivity contribution in [2.24, 2.45) is 11.5 Å². The van der Waals surface area contributed by atoms with E-state index in [1.54, 1.807) is 0 Å². The predicted octanol–water partition coefficient (Wildman–Crippen LogP) is -1.34. The van der Waals surface area contributed by atoms with Crippen molar-refractivity contribution in [3.63, 3.8) is 0 Å². The van der Waals surface area contributed by atoms with Gasteiger partial charge in [0.1, 0.15) is 6.04 Å². The number of aliphatic carboxylic acids is 1.